The molecule has 28 heavy (non-hydrogen) atoms. The average Bonchev–Trinajstić information content (AvgIpc) is 2.66. The summed E-state index contributed by atoms with van der Waals surface area (Å²) < 4.78 is 1.60. The number of fused-ring (bicyclic) bond motifs is 1. The van der Waals surface area contributed by atoms with Gasteiger partial charge in [0.25, 0.3) is 5.56 Å². The van der Waals surface area contributed by atoms with Gasteiger partial charge in [-0.2, -0.15) is 0 Å². The van der Waals surface area contributed by atoms with Gasteiger partial charge in [0.1, 0.15) is 0 Å². The summed E-state index contributed by atoms with van der Waals surface area (Å²) in [5, 5.41) is 3.82. The smallest absolute Gasteiger partial charge is 0.262 e. The van der Waals surface area contributed by atoms with Gasteiger partial charge in [-0.15, -0.1) is 0 Å². The van der Waals surface area contributed by atoms with Crippen LogP contribution in [0.15, 0.2) is 58.5 Å². The van der Waals surface area contributed by atoms with E-state index in [-0.39, 0.29) is 29.0 Å². The van der Waals surface area contributed by atoms with E-state index in [4.69, 9.17) is 0 Å². The maximum Gasteiger partial charge on any atom is 0.262 e. The highest BCUT2D eigenvalue weighted by Crippen LogP contribution is 2.22. The lowest BCUT2D eigenvalue weighted by Crippen LogP contribution is -2.25. The summed E-state index contributed by atoms with van der Waals surface area (Å²) in [6, 6.07) is 14.0. The average molecular weight is 395 g/mol. The molecule has 0 saturated carbocycles. The van der Waals surface area contributed by atoms with E-state index in [0.29, 0.717) is 27.3 Å². The van der Waals surface area contributed by atoms with Crippen LogP contribution in [0.1, 0.15) is 37.2 Å². The lowest BCUT2D eigenvalue weighted by molar-refractivity contribution is -0.113. The number of amides is 1. The molecule has 0 atom stereocenters. The molecule has 1 amide bonds. The maximum absolute atomic E-state index is 12.8. The molecule has 1 heterocycles. The van der Waals surface area contributed by atoms with Gasteiger partial charge in [-0.1, -0.05) is 36.0 Å². The Morgan fingerprint density at radius 1 is 1.11 bits per heavy atom. The first-order valence-electron chi connectivity index (χ1n) is 8.92. The summed E-state index contributed by atoms with van der Waals surface area (Å²) in [6.07, 6.45) is 0. The van der Waals surface area contributed by atoms with Gasteiger partial charge in [0.2, 0.25) is 5.91 Å². The van der Waals surface area contributed by atoms with Crippen molar-refractivity contribution in [3.8, 4) is 0 Å². The number of ketones is 1. The molecule has 1 aromatic heterocycles. The van der Waals surface area contributed by atoms with Crippen LogP contribution < -0.4 is 10.9 Å². The van der Waals surface area contributed by atoms with Crippen LogP contribution in [0.25, 0.3) is 10.9 Å². The first kappa shape index (κ1) is 19.8. The number of carbonyl (C=O) groups is 2. The molecule has 3 aromatic rings. The van der Waals surface area contributed by atoms with Crippen LogP contribution in [0.5, 0.6) is 0 Å². The third kappa shape index (κ3) is 4.14. The zero-order valence-electron chi connectivity index (χ0n) is 15.9. The Kier molecular flexibility index (Phi) is 5.94. The predicted octanol–water partition coefficient (Wildman–Crippen LogP) is 3.91. The minimum Gasteiger partial charge on any atom is -0.325 e. The Hall–Kier alpha value is -2.93. The molecule has 0 bridgehead atoms. The zero-order valence-corrected chi connectivity index (χ0v) is 16.7. The van der Waals surface area contributed by atoms with E-state index in [1.165, 1.54) is 18.7 Å². The molecule has 0 radical (unpaired) electrons. The van der Waals surface area contributed by atoms with Gasteiger partial charge in [-0.3, -0.25) is 19.0 Å². The van der Waals surface area contributed by atoms with E-state index in [2.05, 4.69) is 10.3 Å². The number of carbonyl (C=O) groups excluding carboxylic acids is 2. The van der Waals surface area contributed by atoms with Crippen molar-refractivity contribution in [2.45, 2.75) is 32.0 Å². The van der Waals surface area contributed by atoms with Crippen LogP contribution in [0.4, 0.5) is 5.69 Å². The van der Waals surface area contributed by atoms with Gasteiger partial charge < -0.3 is 5.32 Å². The lowest BCUT2D eigenvalue weighted by atomic mass is 10.1. The second kappa shape index (κ2) is 8.39. The molecule has 6 nitrogen and oxygen atoms in total. The number of benzene rings is 2. The molecular weight excluding hydrogens is 374 g/mol. The first-order chi connectivity index (χ1) is 13.4. The number of thioether (sulfide) groups is 1. The third-order valence-corrected chi connectivity index (χ3v) is 5.16. The second-order valence-corrected chi connectivity index (χ2v) is 7.56. The number of nitrogens with one attached hydrogen (secondary N) is 1. The Balaban J connectivity index is 1.84. The first-order valence-corrected chi connectivity index (χ1v) is 9.91. The number of para-hydroxylation sites is 2. The van der Waals surface area contributed by atoms with Crippen LogP contribution in [0.2, 0.25) is 0 Å². The molecule has 0 aliphatic carbocycles. The van der Waals surface area contributed by atoms with Crippen molar-refractivity contribution in [3.05, 3.63) is 64.4 Å². The Labute approximate surface area is 167 Å². The van der Waals surface area contributed by atoms with E-state index in [1.807, 2.05) is 26.0 Å². The van der Waals surface area contributed by atoms with Gasteiger partial charge in [-0.05, 0) is 45.0 Å². The van der Waals surface area contributed by atoms with Gasteiger partial charge in [0, 0.05) is 11.6 Å². The van der Waals surface area contributed by atoms with Crippen molar-refractivity contribution < 1.29 is 9.59 Å². The van der Waals surface area contributed by atoms with E-state index >= 15 is 0 Å². The van der Waals surface area contributed by atoms with Gasteiger partial charge in [0.15, 0.2) is 10.9 Å². The number of hydrogen-bond acceptors (Lipinski definition) is 5. The minimum absolute atomic E-state index is 0.0732. The largest absolute Gasteiger partial charge is 0.325 e. The van der Waals surface area contributed by atoms with E-state index < -0.39 is 0 Å². The van der Waals surface area contributed by atoms with Crippen molar-refractivity contribution in [2.75, 3.05) is 11.1 Å². The molecule has 144 valence electrons. The molecule has 0 aliphatic rings. The second-order valence-electron chi connectivity index (χ2n) is 6.62. The minimum atomic E-state index is -0.267. The van der Waals surface area contributed by atoms with Crippen LogP contribution in [-0.4, -0.2) is 27.0 Å². The van der Waals surface area contributed by atoms with Crippen molar-refractivity contribution in [2.24, 2.45) is 0 Å². The monoisotopic (exact) mass is 395 g/mol. The number of nitrogens with zero attached hydrogens (tertiary/aromatic N) is 2. The van der Waals surface area contributed by atoms with Crippen LogP contribution in [0, 0.1) is 0 Å². The maximum atomic E-state index is 12.8. The summed E-state index contributed by atoms with van der Waals surface area (Å²) >= 11 is 1.20. The lowest BCUT2D eigenvalue weighted by Gasteiger charge is -2.16. The molecule has 0 fully saturated rings. The Morgan fingerprint density at radius 2 is 1.79 bits per heavy atom. The van der Waals surface area contributed by atoms with Crippen molar-refractivity contribution in [1.29, 1.82) is 0 Å². The number of anilines is 1. The molecule has 1 N–H and O–H groups in total. The molecule has 0 spiro atoms. The van der Waals surface area contributed by atoms with Crippen LogP contribution in [-0.2, 0) is 4.79 Å². The number of rotatable bonds is 6. The third-order valence-electron chi connectivity index (χ3n) is 4.20. The Morgan fingerprint density at radius 3 is 2.50 bits per heavy atom. The fourth-order valence-corrected chi connectivity index (χ4v) is 3.83. The Bertz CT molecular complexity index is 1110. The zero-order chi connectivity index (χ0) is 20.3. The van der Waals surface area contributed by atoms with E-state index in [0.717, 1.165) is 0 Å². The number of hydrogen-bond donors (Lipinski definition) is 1. The van der Waals surface area contributed by atoms with Crippen LogP contribution >= 0.6 is 11.8 Å². The van der Waals surface area contributed by atoms with Crippen molar-refractivity contribution in [3.63, 3.8) is 0 Å². The summed E-state index contributed by atoms with van der Waals surface area (Å²) in [7, 11) is 0. The highest BCUT2D eigenvalue weighted by Gasteiger charge is 2.16. The number of aromatic nitrogens is 2. The SMILES string of the molecule is CC(=O)c1ccccc1NC(=O)CSc1nc2ccccc2c(=O)n1C(C)C. The molecule has 2 aromatic carbocycles. The van der Waals surface area contributed by atoms with Gasteiger partial charge in [-0.25, -0.2) is 4.98 Å². The van der Waals surface area contributed by atoms with E-state index in [1.54, 1.807) is 41.0 Å². The predicted molar refractivity (Wildman–Crippen MR) is 112 cm³/mol. The topological polar surface area (TPSA) is 81.1 Å². The van der Waals surface area contributed by atoms with Crippen molar-refractivity contribution in [1.82, 2.24) is 9.55 Å². The molecule has 0 aliphatic heterocycles. The standard InChI is InChI=1S/C21H21N3O3S/c1-13(2)24-20(27)16-9-5-7-11-18(16)23-21(24)28-12-19(26)22-17-10-6-4-8-15(17)14(3)25/h4-11,13H,12H2,1-3H3,(H,22,26). The quantitative estimate of drug-likeness (QED) is 0.389. The molecule has 0 saturated heterocycles. The highest BCUT2D eigenvalue weighted by atomic mass is 32.2. The molecule has 3 rings (SSSR count). The van der Waals surface area contributed by atoms with Crippen molar-refractivity contribution >= 4 is 40.0 Å². The summed E-state index contributed by atoms with van der Waals surface area (Å²) in [4.78, 5) is 41.5. The summed E-state index contributed by atoms with van der Waals surface area (Å²) in [5.74, 6) is -0.311. The fourth-order valence-electron chi connectivity index (χ4n) is 2.90. The van der Waals surface area contributed by atoms with Crippen LogP contribution in [0.3, 0.4) is 0 Å². The molecule has 7 heteroatoms. The van der Waals surface area contributed by atoms with Gasteiger partial charge in [0.05, 0.1) is 22.3 Å². The fraction of sp³-hybridized carbons (Fsp3) is 0.238. The normalized spacial score (nSPS) is 11.0. The summed E-state index contributed by atoms with van der Waals surface area (Å²) in [6.45, 7) is 5.27. The molecular formula is C21H21N3O3S. The molecule has 0 unspecified atom stereocenters. The highest BCUT2D eigenvalue weighted by molar-refractivity contribution is 7.99. The van der Waals surface area contributed by atoms with Gasteiger partial charge >= 0.3 is 0 Å². The number of Topliss-reactive ketones (excluding diaryl/α,β-unsaturated/α-hetero) is 1. The van der Waals surface area contributed by atoms with E-state index in [9.17, 15) is 14.4 Å². The summed E-state index contributed by atoms with van der Waals surface area (Å²) in [5.41, 5.74) is 1.43.